The van der Waals surface area contributed by atoms with Crippen molar-refractivity contribution >= 4 is 55.7 Å². The number of furan rings is 1. The molecular formula is C48H34N2O. The van der Waals surface area contributed by atoms with E-state index in [9.17, 15) is 0 Å². The molecule has 51 heavy (non-hydrogen) atoms. The molecule has 9 rings (SSSR count). The normalized spacial score (nSPS) is 11.1. The van der Waals surface area contributed by atoms with Gasteiger partial charge in [-0.3, -0.25) is 0 Å². The molecule has 0 aliphatic rings. The standard InChI is InChI=1S/C48H34N2O/c1-3-17-39(18-4-1)49(45-23-11-15-35-13-7-9-21-43(35)45)41-29-25-37(26-30-41)47-33-34-48(51-47)38-27-31-42(32-28-38)50(40-19-5-2-6-20-40)46-24-12-16-36-14-8-10-22-44(36)46/h1-34H. The summed E-state index contributed by atoms with van der Waals surface area (Å²) in [6.07, 6.45) is 0. The summed E-state index contributed by atoms with van der Waals surface area (Å²) in [5, 5.41) is 4.84. The second-order valence-corrected chi connectivity index (χ2v) is 12.6. The average Bonchev–Trinajstić information content (AvgIpc) is 3.70. The van der Waals surface area contributed by atoms with Crippen molar-refractivity contribution in [3.8, 4) is 22.6 Å². The first-order chi connectivity index (χ1) is 25.3. The third-order valence-corrected chi connectivity index (χ3v) is 9.47. The van der Waals surface area contributed by atoms with E-state index in [0.29, 0.717) is 0 Å². The van der Waals surface area contributed by atoms with Gasteiger partial charge in [-0.1, -0.05) is 109 Å². The van der Waals surface area contributed by atoms with Gasteiger partial charge >= 0.3 is 0 Å². The third kappa shape index (κ3) is 5.81. The predicted octanol–water partition coefficient (Wildman–Crippen LogP) is 13.9. The van der Waals surface area contributed by atoms with E-state index in [1.54, 1.807) is 0 Å². The minimum absolute atomic E-state index is 0.832. The molecular weight excluding hydrogens is 621 g/mol. The topological polar surface area (TPSA) is 19.6 Å². The van der Waals surface area contributed by atoms with Gasteiger partial charge in [0.15, 0.2) is 0 Å². The Hall–Kier alpha value is -6.84. The highest BCUT2D eigenvalue weighted by Gasteiger charge is 2.17. The van der Waals surface area contributed by atoms with Crippen molar-refractivity contribution in [2.24, 2.45) is 0 Å². The molecule has 0 spiro atoms. The molecule has 242 valence electrons. The van der Waals surface area contributed by atoms with Crippen LogP contribution in [0.2, 0.25) is 0 Å². The van der Waals surface area contributed by atoms with Crippen LogP contribution in [0.1, 0.15) is 0 Å². The zero-order valence-electron chi connectivity index (χ0n) is 27.9. The number of para-hydroxylation sites is 2. The highest BCUT2D eigenvalue weighted by atomic mass is 16.3. The maximum absolute atomic E-state index is 6.48. The molecule has 8 aromatic carbocycles. The Morgan fingerprint density at radius 1 is 0.275 bits per heavy atom. The summed E-state index contributed by atoms with van der Waals surface area (Å²) in [5.74, 6) is 1.66. The SMILES string of the molecule is c1ccc(N(c2ccc(-c3ccc(-c4ccc(N(c5ccccc5)c5cccc6ccccc56)cc4)o3)cc2)c2cccc3ccccc23)cc1. The molecule has 0 N–H and O–H groups in total. The van der Waals surface area contributed by atoms with E-state index in [0.717, 1.165) is 56.8 Å². The lowest BCUT2D eigenvalue weighted by molar-refractivity contribution is 0.597. The van der Waals surface area contributed by atoms with Crippen LogP contribution in [0.5, 0.6) is 0 Å². The first kappa shape index (κ1) is 30.2. The van der Waals surface area contributed by atoms with Gasteiger partial charge in [0.2, 0.25) is 0 Å². The van der Waals surface area contributed by atoms with Crippen LogP contribution in [-0.2, 0) is 0 Å². The molecule has 0 radical (unpaired) electrons. The molecule has 1 heterocycles. The largest absolute Gasteiger partial charge is 0.456 e. The Bertz CT molecular complexity index is 2380. The summed E-state index contributed by atoms with van der Waals surface area (Å²) >= 11 is 0. The van der Waals surface area contributed by atoms with Gasteiger partial charge in [0.25, 0.3) is 0 Å². The summed E-state index contributed by atoms with van der Waals surface area (Å²) in [6.45, 7) is 0. The lowest BCUT2D eigenvalue weighted by Crippen LogP contribution is -2.10. The van der Waals surface area contributed by atoms with Crippen LogP contribution in [0.4, 0.5) is 34.1 Å². The summed E-state index contributed by atoms with van der Waals surface area (Å²) in [4.78, 5) is 4.64. The van der Waals surface area contributed by atoms with Gasteiger partial charge in [-0.25, -0.2) is 0 Å². The van der Waals surface area contributed by atoms with Crippen LogP contribution in [0.3, 0.4) is 0 Å². The number of hydrogen-bond acceptors (Lipinski definition) is 3. The van der Waals surface area contributed by atoms with Crippen LogP contribution in [0, 0.1) is 0 Å². The predicted molar refractivity (Wildman–Crippen MR) is 214 cm³/mol. The van der Waals surface area contributed by atoms with Crippen molar-refractivity contribution in [1.29, 1.82) is 0 Å². The first-order valence-corrected chi connectivity index (χ1v) is 17.3. The number of rotatable bonds is 8. The van der Waals surface area contributed by atoms with Crippen molar-refractivity contribution in [1.82, 2.24) is 0 Å². The lowest BCUT2D eigenvalue weighted by atomic mass is 10.1. The van der Waals surface area contributed by atoms with Gasteiger partial charge in [0.05, 0.1) is 11.4 Å². The molecule has 0 fully saturated rings. The zero-order valence-corrected chi connectivity index (χ0v) is 27.9. The quantitative estimate of drug-likeness (QED) is 0.163. The van der Waals surface area contributed by atoms with E-state index < -0.39 is 0 Å². The molecule has 0 aliphatic heterocycles. The number of nitrogens with zero attached hydrogens (tertiary/aromatic N) is 2. The fourth-order valence-electron chi connectivity index (χ4n) is 7.01. The number of fused-ring (bicyclic) bond motifs is 2. The Morgan fingerprint density at radius 2 is 0.627 bits per heavy atom. The maximum Gasteiger partial charge on any atom is 0.134 e. The van der Waals surface area contributed by atoms with Gasteiger partial charge in [0, 0.05) is 44.6 Å². The molecule has 3 nitrogen and oxygen atoms in total. The lowest BCUT2D eigenvalue weighted by Gasteiger charge is -2.27. The van der Waals surface area contributed by atoms with Crippen molar-refractivity contribution in [3.63, 3.8) is 0 Å². The van der Waals surface area contributed by atoms with E-state index in [2.05, 4.69) is 216 Å². The highest BCUT2D eigenvalue weighted by Crippen LogP contribution is 2.41. The number of benzene rings is 8. The van der Waals surface area contributed by atoms with Gasteiger partial charge < -0.3 is 14.2 Å². The molecule has 0 unspecified atom stereocenters. The molecule has 0 bridgehead atoms. The second-order valence-electron chi connectivity index (χ2n) is 12.6. The highest BCUT2D eigenvalue weighted by molar-refractivity contribution is 6.00. The second kappa shape index (κ2) is 13.2. The van der Waals surface area contributed by atoms with E-state index in [4.69, 9.17) is 4.42 Å². The van der Waals surface area contributed by atoms with Gasteiger partial charge in [-0.15, -0.1) is 0 Å². The summed E-state index contributed by atoms with van der Waals surface area (Å²) in [5.41, 5.74) is 8.71. The Morgan fingerprint density at radius 3 is 1.06 bits per heavy atom. The van der Waals surface area contributed by atoms with Crippen LogP contribution < -0.4 is 9.80 Å². The Balaban J connectivity index is 1.02. The van der Waals surface area contributed by atoms with Gasteiger partial charge in [0.1, 0.15) is 11.5 Å². The number of anilines is 6. The Kier molecular flexibility index (Phi) is 7.84. The van der Waals surface area contributed by atoms with Crippen molar-refractivity contribution < 1.29 is 4.42 Å². The molecule has 9 aromatic rings. The minimum Gasteiger partial charge on any atom is -0.456 e. The first-order valence-electron chi connectivity index (χ1n) is 17.3. The fourth-order valence-corrected chi connectivity index (χ4v) is 7.01. The fraction of sp³-hybridized carbons (Fsp3) is 0. The van der Waals surface area contributed by atoms with Crippen molar-refractivity contribution in [3.05, 3.63) is 206 Å². The van der Waals surface area contributed by atoms with Crippen molar-refractivity contribution in [2.45, 2.75) is 0 Å². The minimum atomic E-state index is 0.832. The van der Waals surface area contributed by atoms with Crippen LogP contribution >= 0.6 is 0 Å². The van der Waals surface area contributed by atoms with Crippen molar-refractivity contribution in [2.75, 3.05) is 9.80 Å². The van der Waals surface area contributed by atoms with Gasteiger partial charge in [-0.05, 0) is 108 Å². The Labute approximate surface area is 297 Å². The zero-order chi connectivity index (χ0) is 34.0. The van der Waals surface area contributed by atoms with Crippen LogP contribution in [0.15, 0.2) is 211 Å². The van der Waals surface area contributed by atoms with E-state index in [-0.39, 0.29) is 0 Å². The third-order valence-electron chi connectivity index (χ3n) is 9.47. The summed E-state index contributed by atoms with van der Waals surface area (Å²) in [6, 6.07) is 72.5. The van der Waals surface area contributed by atoms with E-state index in [1.807, 2.05) is 0 Å². The molecule has 3 heteroatoms. The van der Waals surface area contributed by atoms with Crippen LogP contribution in [0.25, 0.3) is 44.2 Å². The average molecular weight is 655 g/mol. The van der Waals surface area contributed by atoms with E-state index in [1.165, 1.54) is 21.5 Å². The van der Waals surface area contributed by atoms with Gasteiger partial charge in [-0.2, -0.15) is 0 Å². The summed E-state index contributed by atoms with van der Waals surface area (Å²) < 4.78 is 6.48. The van der Waals surface area contributed by atoms with E-state index >= 15 is 0 Å². The monoisotopic (exact) mass is 654 g/mol. The smallest absolute Gasteiger partial charge is 0.134 e. The molecule has 0 saturated carbocycles. The molecule has 0 atom stereocenters. The molecule has 0 saturated heterocycles. The maximum atomic E-state index is 6.48. The molecule has 0 amide bonds. The van der Waals surface area contributed by atoms with Crippen LogP contribution in [-0.4, -0.2) is 0 Å². The summed E-state index contributed by atoms with van der Waals surface area (Å²) in [7, 11) is 0. The number of hydrogen-bond donors (Lipinski definition) is 0. The molecule has 0 aliphatic carbocycles. The molecule has 1 aromatic heterocycles.